The van der Waals surface area contributed by atoms with Crippen molar-refractivity contribution in [2.24, 2.45) is 0 Å². The Labute approximate surface area is 105 Å². The van der Waals surface area contributed by atoms with Gasteiger partial charge in [0, 0.05) is 35.5 Å². The average molecular weight is 266 g/mol. The van der Waals surface area contributed by atoms with Gasteiger partial charge >= 0.3 is 0 Å². The predicted molar refractivity (Wildman–Crippen MR) is 70.3 cm³/mol. The van der Waals surface area contributed by atoms with E-state index in [-0.39, 0.29) is 18.2 Å². The third kappa shape index (κ3) is 2.89. The van der Waals surface area contributed by atoms with Gasteiger partial charge in [0.25, 0.3) is 5.91 Å². The number of hydrogen-bond donors (Lipinski definition) is 2. The normalized spacial score (nSPS) is 11.6. The van der Waals surface area contributed by atoms with E-state index < -0.39 is 9.84 Å². The third-order valence-electron chi connectivity index (χ3n) is 2.60. The number of aromatic amines is 1. The van der Waals surface area contributed by atoms with Crippen molar-refractivity contribution < 1.29 is 13.2 Å². The summed E-state index contributed by atoms with van der Waals surface area (Å²) in [4.78, 5) is 14.9. The molecular formula is C12H14N2O3S. The molecule has 0 aliphatic carbocycles. The molecule has 18 heavy (non-hydrogen) atoms. The second-order valence-electron chi connectivity index (χ2n) is 4.13. The number of hydrogen-bond acceptors (Lipinski definition) is 3. The molecule has 1 aromatic heterocycles. The molecule has 0 bridgehead atoms. The fourth-order valence-electron chi connectivity index (χ4n) is 1.73. The first-order chi connectivity index (χ1) is 8.47. The molecule has 5 nitrogen and oxygen atoms in total. The lowest BCUT2D eigenvalue weighted by molar-refractivity contribution is 0.0958. The Morgan fingerprint density at radius 2 is 2.11 bits per heavy atom. The summed E-state index contributed by atoms with van der Waals surface area (Å²) in [5.41, 5.74) is 1.42. The van der Waals surface area contributed by atoms with Crippen molar-refractivity contribution in [3.05, 3.63) is 36.0 Å². The number of nitrogens with one attached hydrogen (secondary N) is 2. The molecule has 1 aromatic carbocycles. The molecule has 0 saturated heterocycles. The first-order valence-corrected chi connectivity index (χ1v) is 7.55. The van der Waals surface area contributed by atoms with Crippen molar-refractivity contribution in [1.29, 1.82) is 0 Å². The Kier molecular flexibility index (Phi) is 3.38. The summed E-state index contributed by atoms with van der Waals surface area (Å²) >= 11 is 0. The summed E-state index contributed by atoms with van der Waals surface area (Å²) in [6, 6.07) is 7.19. The van der Waals surface area contributed by atoms with Gasteiger partial charge in [-0.25, -0.2) is 8.42 Å². The molecular weight excluding hydrogens is 252 g/mol. The van der Waals surface area contributed by atoms with Crippen LogP contribution in [0, 0.1) is 0 Å². The Morgan fingerprint density at radius 3 is 2.83 bits per heavy atom. The van der Waals surface area contributed by atoms with Gasteiger partial charge in [0.05, 0.1) is 5.75 Å². The van der Waals surface area contributed by atoms with Gasteiger partial charge < -0.3 is 10.3 Å². The molecule has 2 rings (SSSR count). The number of H-pyrrole nitrogens is 1. The highest BCUT2D eigenvalue weighted by atomic mass is 32.2. The van der Waals surface area contributed by atoms with Crippen LogP contribution in [0.3, 0.4) is 0 Å². The minimum atomic E-state index is -3.05. The summed E-state index contributed by atoms with van der Waals surface area (Å²) < 4.78 is 21.9. The number of carbonyl (C=O) groups excluding carboxylic acids is 1. The van der Waals surface area contributed by atoms with Crippen LogP contribution in [0.15, 0.2) is 30.5 Å². The van der Waals surface area contributed by atoms with E-state index in [1.165, 1.54) is 0 Å². The van der Waals surface area contributed by atoms with E-state index >= 15 is 0 Å². The molecule has 0 atom stereocenters. The number of carbonyl (C=O) groups is 1. The SMILES string of the molecule is CS(=O)(=O)CCNC(=O)c1cccc2[nH]ccc12. The highest BCUT2D eigenvalue weighted by molar-refractivity contribution is 7.90. The fraction of sp³-hybridized carbons (Fsp3) is 0.250. The summed E-state index contributed by atoms with van der Waals surface area (Å²) in [6.45, 7) is 0.123. The van der Waals surface area contributed by atoms with E-state index in [0.29, 0.717) is 5.56 Å². The molecule has 0 aliphatic heterocycles. The Hall–Kier alpha value is -1.82. The van der Waals surface area contributed by atoms with Crippen molar-refractivity contribution in [2.75, 3.05) is 18.6 Å². The lowest BCUT2D eigenvalue weighted by atomic mass is 10.1. The zero-order valence-electron chi connectivity index (χ0n) is 9.93. The van der Waals surface area contributed by atoms with Crippen LogP contribution in [-0.2, 0) is 9.84 Å². The van der Waals surface area contributed by atoms with Gasteiger partial charge in [-0.2, -0.15) is 0 Å². The monoisotopic (exact) mass is 266 g/mol. The number of sulfone groups is 1. The van der Waals surface area contributed by atoms with Crippen LogP contribution in [-0.4, -0.2) is 37.9 Å². The molecule has 1 heterocycles. The largest absolute Gasteiger partial charge is 0.361 e. The van der Waals surface area contributed by atoms with Gasteiger partial charge in [-0.1, -0.05) is 6.07 Å². The maximum absolute atomic E-state index is 11.9. The lowest BCUT2D eigenvalue weighted by Gasteiger charge is -2.05. The van der Waals surface area contributed by atoms with Crippen molar-refractivity contribution in [3.8, 4) is 0 Å². The van der Waals surface area contributed by atoms with Gasteiger partial charge in [0.2, 0.25) is 0 Å². The van der Waals surface area contributed by atoms with Crippen LogP contribution in [0.25, 0.3) is 10.9 Å². The van der Waals surface area contributed by atoms with Crippen LogP contribution in [0.1, 0.15) is 10.4 Å². The van der Waals surface area contributed by atoms with Gasteiger partial charge in [-0.15, -0.1) is 0 Å². The second-order valence-corrected chi connectivity index (χ2v) is 6.39. The van der Waals surface area contributed by atoms with E-state index in [2.05, 4.69) is 10.3 Å². The molecule has 2 aromatic rings. The highest BCUT2D eigenvalue weighted by Crippen LogP contribution is 2.16. The number of fused-ring (bicyclic) bond motifs is 1. The quantitative estimate of drug-likeness (QED) is 0.864. The van der Waals surface area contributed by atoms with Crippen LogP contribution in [0.2, 0.25) is 0 Å². The number of rotatable bonds is 4. The van der Waals surface area contributed by atoms with E-state index in [4.69, 9.17) is 0 Å². The van der Waals surface area contributed by atoms with Crippen LogP contribution in [0.4, 0.5) is 0 Å². The molecule has 0 radical (unpaired) electrons. The Morgan fingerprint density at radius 1 is 1.33 bits per heavy atom. The predicted octanol–water partition coefficient (Wildman–Crippen LogP) is 0.942. The Bertz CT molecular complexity index is 673. The third-order valence-corrected chi connectivity index (χ3v) is 3.54. The van der Waals surface area contributed by atoms with E-state index in [1.54, 1.807) is 18.3 Å². The van der Waals surface area contributed by atoms with Crippen LogP contribution in [0.5, 0.6) is 0 Å². The number of aromatic nitrogens is 1. The van der Waals surface area contributed by atoms with Crippen molar-refractivity contribution in [3.63, 3.8) is 0 Å². The molecule has 6 heteroatoms. The van der Waals surface area contributed by atoms with E-state index in [1.807, 2.05) is 12.1 Å². The molecule has 0 spiro atoms. The lowest BCUT2D eigenvalue weighted by Crippen LogP contribution is -2.28. The van der Waals surface area contributed by atoms with Crippen LogP contribution >= 0.6 is 0 Å². The minimum Gasteiger partial charge on any atom is -0.361 e. The molecule has 96 valence electrons. The van der Waals surface area contributed by atoms with E-state index in [9.17, 15) is 13.2 Å². The maximum atomic E-state index is 11.9. The van der Waals surface area contributed by atoms with Gasteiger partial charge in [0.1, 0.15) is 9.84 Å². The minimum absolute atomic E-state index is 0.0537. The van der Waals surface area contributed by atoms with Gasteiger partial charge in [0.15, 0.2) is 0 Å². The fourth-order valence-corrected chi connectivity index (χ4v) is 2.20. The zero-order chi connectivity index (χ0) is 13.2. The zero-order valence-corrected chi connectivity index (χ0v) is 10.8. The summed E-state index contributed by atoms with van der Waals surface area (Å²) in [5, 5.41) is 3.43. The summed E-state index contributed by atoms with van der Waals surface area (Å²) in [5.74, 6) is -0.314. The molecule has 0 fully saturated rings. The summed E-state index contributed by atoms with van der Waals surface area (Å²) in [6.07, 6.45) is 2.91. The maximum Gasteiger partial charge on any atom is 0.251 e. The highest BCUT2D eigenvalue weighted by Gasteiger charge is 2.10. The average Bonchev–Trinajstić information content (AvgIpc) is 2.74. The summed E-state index contributed by atoms with van der Waals surface area (Å²) in [7, 11) is -3.05. The first kappa shape index (κ1) is 12.6. The van der Waals surface area contributed by atoms with E-state index in [0.717, 1.165) is 17.2 Å². The molecule has 0 saturated carbocycles. The van der Waals surface area contributed by atoms with Gasteiger partial charge in [-0.3, -0.25) is 4.79 Å². The number of benzene rings is 1. The molecule has 0 unspecified atom stereocenters. The topological polar surface area (TPSA) is 79.0 Å². The molecule has 0 aliphatic rings. The smallest absolute Gasteiger partial charge is 0.251 e. The van der Waals surface area contributed by atoms with Crippen molar-refractivity contribution >= 4 is 26.6 Å². The molecule has 1 amide bonds. The van der Waals surface area contributed by atoms with Crippen molar-refractivity contribution in [1.82, 2.24) is 10.3 Å². The second kappa shape index (κ2) is 4.81. The first-order valence-electron chi connectivity index (χ1n) is 5.49. The number of amides is 1. The standard InChI is InChI=1S/C12H14N2O3S/c1-18(16,17)8-7-14-12(15)10-3-2-4-11-9(10)5-6-13-11/h2-6,13H,7-8H2,1H3,(H,14,15). The van der Waals surface area contributed by atoms with Gasteiger partial charge in [-0.05, 0) is 18.2 Å². The Balaban J connectivity index is 2.12. The van der Waals surface area contributed by atoms with Crippen molar-refractivity contribution in [2.45, 2.75) is 0 Å². The molecule has 2 N–H and O–H groups in total. The van der Waals surface area contributed by atoms with Crippen LogP contribution < -0.4 is 5.32 Å².